The van der Waals surface area contributed by atoms with E-state index in [2.05, 4.69) is 4.74 Å². The third-order valence-electron chi connectivity index (χ3n) is 2.35. The molecule has 1 aliphatic rings. The van der Waals surface area contributed by atoms with Crippen molar-refractivity contribution in [1.29, 1.82) is 0 Å². The molecule has 0 aromatic carbocycles. The van der Waals surface area contributed by atoms with Crippen molar-refractivity contribution in [1.82, 2.24) is 4.90 Å². The molecule has 1 fully saturated rings. The molecule has 0 aromatic heterocycles. The molecule has 0 saturated carbocycles. The van der Waals surface area contributed by atoms with Gasteiger partial charge in [-0.2, -0.15) is 4.90 Å². The average Bonchev–Trinajstić information content (AvgIpc) is 2.52. The van der Waals surface area contributed by atoms with Crippen LogP contribution in [0.25, 0.3) is 0 Å². The summed E-state index contributed by atoms with van der Waals surface area (Å²) in [6, 6.07) is 0. The topological polar surface area (TPSA) is 82.1 Å². The third-order valence-corrected chi connectivity index (χ3v) is 2.35. The molecule has 1 heterocycles. The van der Waals surface area contributed by atoms with Crippen molar-refractivity contribution >= 4 is 18.2 Å². The summed E-state index contributed by atoms with van der Waals surface area (Å²) in [5.74, 6) is -0.737. The van der Waals surface area contributed by atoms with Gasteiger partial charge in [0, 0.05) is 0 Å². The van der Waals surface area contributed by atoms with Crippen molar-refractivity contribution in [2.75, 3.05) is 13.7 Å². The highest BCUT2D eigenvalue weighted by Gasteiger charge is 2.55. The summed E-state index contributed by atoms with van der Waals surface area (Å²) in [6.45, 7) is 6.09. The number of nitrogens with zero attached hydrogens (tertiary/aromatic N) is 1. The van der Waals surface area contributed by atoms with Gasteiger partial charge in [0.15, 0.2) is 5.54 Å². The molecule has 0 spiro atoms. The lowest BCUT2D eigenvalue weighted by atomic mass is 10.0. The molecule has 1 rings (SSSR count). The molecule has 7 nitrogen and oxygen atoms in total. The molecule has 7 heteroatoms. The standard InChI is InChI=1S/C11H17NO6/c1-10(2,3)18-9(15)12-8(14)17-6-11(12,4)7(13)16-5/h6H2,1-5H3/t11-/m0/s1. The molecule has 0 radical (unpaired) electrons. The van der Waals surface area contributed by atoms with E-state index >= 15 is 0 Å². The minimum absolute atomic E-state index is 0.252. The summed E-state index contributed by atoms with van der Waals surface area (Å²) in [6.07, 6.45) is -1.85. The number of hydrogen-bond donors (Lipinski definition) is 0. The summed E-state index contributed by atoms with van der Waals surface area (Å²) in [5.41, 5.74) is -2.27. The lowest BCUT2D eigenvalue weighted by molar-refractivity contribution is -0.151. The molecular formula is C11H17NO6. The number of amides is 2. The first-order valence-electron chi connectivity index (χ1n) is 5.40. The highest BCUT2D eigenvalue weighted by atomic mass is 16.6. The van der Waals surface area contributed by atoms with Crippen LogP contribution in [-0.2, 0) is 19.0 Å². The molecule has 1 saturated heterocycles. The first-order valence-corrected chi connectivity index (χ1v) is 5.40. The summed E-state index contributed by atoms with van der Waals surface area (Å²) in [4.78, 5) is 35.7. The molecule has 0 unspecified atom stereocenters. The van der Waals surface area contributed by atoms with Crippen LogP contribution in [-0.4, -0.2) is 47.9 Å². The molecule has 1 aliphatic heterocycles. The van der Waals surface area contributed by atoms with Crippen LogP contribution in [0.3, 0.4) is 0 Å². The fraction of sp³-hybridized carbons (Fsp3) is 0.727. The fourth-order valence-corrected chi connectivity index (χ4v) is 1.49. The Hall–Kier alpha value is -1.79. The quantitative estimate of drug-likeness (QED) is 0.521. The normalized spacial score (nSPS) is 23.6. The zero-order chi connectivity index (χ0) is 14.1. The second kappa shape index (κ2) is 4.47. The van der Waals surface area contributed by atoms with Crippen molar-refractivity contribution in [2.24, 2.45) is 0 Å². The van der Waals surface area contributed by atoms with Crippen LogP contribution in [0.15, 0.2) is 0 Å². The van der Waals surface area contributed by atoms with Crippen LogP contribution >= 0.6 is 0 Å². The van der Waals surface area contributed by atoms with E-state index in [4.69, 9.17) is 9.47 Å². The van der Waals surface area contributed by atoms with Crippen molar-refractivity contribution in [2.45, 2.75) is 38.8 Å². The first-order chi connectivity index (χ1) is 8.12. The number of hydrogen-bond acceptors (Lipinski definition) is 6. The molecular weight excluding hydrogens is 242 g/mol. The van der Waals surface area contributed by atoms with E-state index in [1.165, 1.54) is 14.0 Å². The molecule has 18 heavy (non-hydrogen) atoms. The third kappa shape index (κ3) is 2.55. The van der Waals surface area contributed by atoms with E-state index < -0.39 is 29.3 Å². The first kappa shape index (κ1) is 14.3. The predicted octanol–water partition coefficient (Wildman–Crippen LogP) is 1.31. The van der Waals surface area contributed by atoms with Gasteiger partial charge in [-0.05, 0) is 27.7 Å². The summed E-state index contributed by atoms with van der Waals surface area (Å²) in [5, 5.41) is 0. The Morgan fingerprint density at radius 3 is 2.39 bits per heavy atom. The Morgan fingerprint density at radius 1 is 1.39 bits per heavy atom. The van der Waals surface area contributed by atoms with Crippen molar-refractivity contribution in [3.63, 3.8) is 0 Å². The Labute approximate surface area is 105 Å². The van der Waals surface area contributed by atoms with E-state index in [0.29, 0.717) is 4.90 Å². The maximum absolute atomic E-state index is 11.9. The fourth-order valence-electron chi connectivity index (χ4n) is 1.49. The molecule has 0 aromatic rings. The summed E-state index contributed by atoms with van der Waals surface area (Å²) in [7, 11) is 1.17. The number of ether oxygens (including phenoxy) is 3. The van der Waals surface area contributed by atoms with Gasteiger partial charge < -0.3 is 14.2 Å². The lowest BCUT2D eigenvalue weighted by Crippen LogP contribution is -2.55. The molecule has 0 bridgehead atoms. The zero-order valence-corrected chi connectivity index (χ0v) is 11.1. The average molecular weight is 259 g/mol. The monoisotopic (exact) mass is 259 g/mol. The van der Waals surface area contributed by atoms with Crippen molar-refractivity contribution < 1.29 is 28.6 Å². The molecule has 0 aliphatic carbocycles. The number of carbonyl (C=O) groups excluding carboxylic acids is 3. The van der Waals surface area contributed by atoms with Gasteiger partial charge in [0.25, 0.3) is 0 Å². The second-order valence-corrected chi connectivity index (χ2v) is 5.14. The smallest absolute Gasteiger partial charge is 0.420 e. The number of cyclic esters (lactones) is 1. The maximum Gasteiger partial charge on any atom is 0.420 e. The molecule has 2 amide bonds. The van der Waals surface area contributed by atoms with Gasteiger partial charge >= 0.3 is 18.2 Å². The van der Waals surface area contributed by atoms with Gasteiger partial charge in [-0.3, -0.25) is 0 Å². The summed E-state index contributed by atoms with van der Waals surface area (Å²) < 4.78 is 14.4. The number of methoxy groups -OCH3 is 1. The largest absolute Gasteiger partial charge is 0.467 e. The van der Waals surface area contributed by atoms with Crippen LogP contribution in [0, 0.1) is 0 Å². The van der Waals surface area contributed by atoms with Gasteiger partial charge in [0.2, 0.25) is 0 Å². The van der Waals surface area contributed by atoms with E-state index in [-0.39, 0.29) is 6.61 Å². The number of imide groups is 1. The van der Waals surface area contributed by atoms with Crippen LogP contribution in [0.4, 0.5) is 9.59 Å². The maximum atomic E-state index is 11.9. The minimum Gasteiger partial charge on any atom is -0.467 e. The van der Waals surface area contributed by atoms with Crippen LogP contribution < -0.4 is 0 Å². The minimum atomic E-state index is -1.49. The van der Waals surface area contributed by atoms with Crippen molar-refractivity contribution in [3.8, 4) is 0 Å². The summed E-state index contributed by atoms with van der Waals surface area (Å²) >= 11 is 0. The SMILES string of the molecule is COC(=O)[C@]1(C)COC(=O)N1C(=O)OC(C)(C)C. The Bertz CT molecular complexity index is 385. The Kier molecular flexibility index (Phi) is 3.54. The van der Waals surface area contributed by atoms with Gasteiger partial charge in [0.1, 0.15) is 12.2 Å². The molecule has 1 atom stereocenters. The van der Waals surface area contributed by atoms with Crippen molar-refractivity contribution in [3.05, 3.63) is 0 Å². The van der Waals surface area contributed by atoms with Crippen LogP contribution in [0.2, 0.25) is 0 Å². The predicted molar refractivity (Wildman–Crippen MR) is 59.8 cm³/mol. The lowest BCUT2D eigenvalue weighted by Gasteiger charge is -2.29. The Morgan fingerprint density at radius 2 is 1.94 bits per heavy atom. The molecule has 0 N–H and O–H groups in total. The van der Waals surface area contributed by atoms with E-state index in [0.717, 1.165) is 0 Å². The Balaban J connectivity index is 2.99. The van der Waals surface area contributed by atoms with Gasteiger partial charge in [-0.15, -0.1) is 0 Å². The second-order valence-electron chi connectivity index (χ2n) is 5.14. The highest BCUT2D eigenvalue weighted by molar-refractivity contribution is 5.98. The number of rotatable bonds is 1. The highest BCUT2D eigenvalue weighted by Crippen LogP contribution is 2.27. The van der Waals surface area contributed by atoms with E-state index in [9.17, 15) is 14.4 Å². The van der Waals surface area contributed by atoms with Gasteiger partial charge in [-0.25, -0.2) is 14.4 Å². The van der Waals surface area contributed by atoms with Gasteiger partial charge in [0.05, 0.1) is 7.11 Å². The van der Waals surface area contributed by atoms with Gasteiger partial charge in [-0.1, -0.05) is 0 Å². The van der Waals surface area contributed by atoms with Crippen LogP contribution in [0.5, 0.6) is 0 Å². The number of esters is 1. The zero-order valence-electron chi connectivity index (χ0n) is 11.1. The van der Waals surface area contributed by atoms with E-state index in [1.54, 1.807) is 20.8 Å². The van der Waals surface area contributed by atoms with Crippen LogP contribution in [0.1, 0.15) is 27.7 Å². The molecule has 102 valence electrons. The number of carbonyl (C=O) groups is 3. The van der Waals surface area contributed by atoms with E-state index in [1.807, 2.05) is 0 Å².